The van der Waals surface area contributed by atoms with E-state index in [1.54, 1.807) is 13.8 Å². The van der Waals surface area contributed by atoms with E-state index in [4.69, 9.17) is 9.15 Å². The van der Waals surface area contributed by atoms with Crippen molar-refractivity contribution in [2.75, 3.05) is 0 Å². The molecule has 3 fully saturated rings. The van der Waals surface area contributed by atoms with Crippen molar-refractivity contribution in [1.82, 2.24) is 0 Å². The van der Waals surface area contributed by atoms with Crippen LogP contribution < -0.4 is 0 Å². The van der Waals surface area contributed by atoms with Crippen LogP contribution in [0.15, 0.2) is 46.6 Å². The summed E-state index contributed by atoms with van der Waals surface area (Å²) in [5.74, 6) is -4.65. The van der Waals surface area contributed by atoms with Gasteiger partial charge in [0.05, 0.1) is 11.7 Å². The number of esters is 1. The zero-order chi connectivity index (χ0) is 25.6. The third kappa shape index (κ3) is 2.81. The Morgan fingerprint density at radius 1 is 1.20 bits per heavy atom. The van der Waals surface area contributed by atoms with Crippen molar-refractivity contribution >= 4 is 35.3 Å². The maximum atomic E-state index is 17.2. The Balaban J connectivity index is 1.63. The van der Waals surface area contributed by atoms with Gasteiger partial charge in [-0.25, -0.2) is 13.6 Å². The molecular formula is C26H26F2O6S. The van der Waals surface area contributed by atoms with Crippen LogP contribution in [0.1, 0.15) is 50.6 Å². The molecule has 0 bridgehead atoms. The molecule has 0 saturated heterocycles. The normalized spacial score (nSPS) is 44.2. The standard InChI is InChI=1S/C26H26F2O6S/c1-13-9-15-16-11-18(27)17-10-14(29)6-7-23(17,2)25(16,28)20(30)12-24(15,3)26(13,22(32)35)34-21(31)19-5-4-8-33-19/h4-8,10,13,15-16,18H,9,11-12H2,1-3H3,(H,32,35)/t13?,15?,16?,18-,23?,24?,25-,26-/m0/s1. The molecule has 5 unspecified atom stereocenters. The average Bonchev–Trinajstić information content (AvgIpc) is 3.39. The summed E-state index contributed by atoms with van der Waals surface area (Å²) in [5, 5.41) is -0.753. The largest absolute Gasteiger partial charge is 0.457 e. The molecule has 1 aromatic heterocycles. The highest BCUT2D eigenvalue weighted by Crippen LogP contribution is 2.70. The van der Waals surface area contributed by atoms with E-state index in [9.17, 15) is 19.2 Å². The van der Waals surface area contributed by atoms with Crippen LogP contribution in [0, 0.1) is 28.6 Å². The lowest BCUT2D eigenvalue weighted by molar-refractivity contribution is -0.186. The van der Waals surface area contributed by atoms with E-state index >= 15 is 8.78 Å². The van der Waals surface area contributed by atoms with Gasteiger partial charge in [-0.3, -0.25) is 14.4 Å². The van der Waals surface area contributed by atoms with Crippen LogP contribution in [0.4, 0.5) is 8.78 Å². The predicted molar refractivity (Wildman–Crippen MR) is 123 cm³/mol. The summed E-state index contributed by atoms with van der Waals surface area (Å²) in [4.78, 5) is 51.7. The Hall–Kier alpha value is -2.55. The number of ether oxygens (including phenoxy) is 1. The van der Waals surface area contributed by atoms with E-state index in [1.807, 2.05) is 0 Å². The van der Waals surface area contributed by atoms with E-state index in [2.05, 4.69) is 12.6 Å². The fourth-order valence-corrected chi connectivity index (χ4v) is 8.09. The summed E-state index contributed by atoms with van der Waals surface area (Å²) in [6.45, 7) is 4.77. The molecule has 1 heterocycles. The van der Waals surface area contributed by atoms with Crippen molar-refractivity contribution in [1.29, 1.82) is 0 Å². The number of carbonyl (C=O) groups excluding carboxylic acids is 4. The van der Waals surface area contributed by atoms with E-state index < -0.39 is 75.1 Å². The number of halogens is 2. The first-order chi connectivity index (χ1) is 16.3. The Bertz CT molecular complexity index is 1210. The van der Waals surface area contributed by atoms with Crippen LogP contribution >= 0.6 is 12.6 Å². The molecule has 5 rings (SSSR count). The molecule has 8 atom stereocenters. The molecule has 9 heteroatoms. The second-order valence-corrected chi connectivity index (χ2v) is 11.1. The molecule has 0 amide bonds. The molecule has 0 spiro atoms. The van der Waals surface area contributed by atoms with Gasteiger partial charge >= 0.3 is 5.97 Å². The quantitative estimate of drug-likeness (QED) is 0.485. The van der Waals surface area contributed by atoms with Gasteiger partial charge in [-0.2, -0.15) is 0 Å². The monoisotopic (exact) mass is 504 g/mol. The first-order valence-electron chi connectivity index (χ1n) is 11.6. The lowest BCUT2D eigenvalue weighted by Crippen LogP contribution is -2.69. The van der Waals surface area contributed by atoms with Crippen molar-refractivity contribution < 1.29 is 37.1 Å². The van der Waals surface area contributed by atoms with Crippen LogP contribution in [0.2, 0.25) is 0 Å². The SMILES string of the molecule is CC1CC2C3C[C@H](F)C4=CC(=O)C=CC4(C)[C@@]3(F)C(=O)CC2(C)[C@@]1(OC(=O)c1ccco1)C(=O)S. The molecule has 35 heavy (non-hydrogen) atoms. The molecule has 3 saturated carbocycles. The molecule has 1 aromatic rings. The van der Waals surface area contributed by atoms with Gasteiger partial charge in [-0.1, -0.05) is 19.9 Å². The molecule has 0 aromatic carbocycles. The lowest BCUT2D eigenvalue weighted by Gasteiger charge is -2.60. The van der Waals surface area contributed by atoms with Crippen LogP contribution in [0.25, 0.3) is 0 Å². The number of Topliss-reactive ketones (excluding diaryl/α,β-unsaturated/α-hetero) is 1. The van der Waals surface area contributed by atoms with E-state index in [1.165, 1.54) is 37.5 Å². The van der Waals surface area contributed by atoms with Crippen LogP contribution in [-0.4, -0.2) is 40.1 Å². The summed E-state index contributed by atoms with van der Waals surface area (Å²) >= 11 is 4.08. The zero-order valence-electron chi connectivity index (χ0n) is 19.5. The van der Waals surface area contributed by atoms with Crippen LogP contribution in [-0.2, 0) is 19.1 Å². The first kappa shape index (κ1) is 24.2. The van der Waals surface area contributed by atoms with E-state index in [0.29, 0.717) is 0 Å². The Labute approximate surface area is 206 Å². The maximum absolute atomic E-state index is 17.2. The van der Waals surface area contributed by atoms with Gasteiger partial charge in [0.2, 0.25) is 10.9 Å². The highest BCUT2D eigenvalue weighted by molar-refractivity contribution is 7.96. The molecule has 0 radical (unpaired) electrons. The van der Waals surface area contributed by atoms with Gasteiger partial charge in [0.15, 0.2) is 22.8 Å². The van der Waals surface area contributed by atoms with E-state index in [0.717, 1.165) is 6.08 Å². The topological polar surface area (TPSA) is 90.7 Å². The molecular weight excluding hydrogens is 478 g/mol. The Morgan fingerprint density at radius 3 is 2.54 bits per heavy atom. The Morgan fingerprint density at radius 2 is 1.91 bits per heavy atom. The predicted octanol–water partition coefficient (Wildman–Crippen LogP) is 4.40. The number of furan rings is 1. The van der Waals surface area contributed by atoms with Crippen molar-refractivity contribution in [3.8, 4) is 0 Å². The third-order valence-electron chi connectivity index (χ3n) is 9.22. The molecule has 6 nitrogen and oxygen atoms in total. The summed E-state index contributed by atoms with van der Waals surface area (Å²) < 4.78 is 43.6. The number of fused-ring (bicyclic) bond motifs is 5. The Kier molecular flexibility index (Phi) is 5.16. The maximum Gasteiger partial charge on any atom is 0.375 e. The number of hydrogen-bond acceptors (Lipinski definition) is 6. The molecule has 4 aliphatic carbocycles. The molecule has 0 N–H and O–H groups in total. The van der Waals surface area contributed by atoms with Crippen molar-refractivity contribution in [3.63, 3.8) is 0 Å². The minimum atomic E-state index is -2.48. The fourth-order valence-electron chi connectivity index (χ4n) is 7.56. The summed E-state index contributed by atoms with van der Waals surface area (Å²) in [6.07, 6.45) is 2.71. The summed E-state index contributed by atoms with van der Waals surface area (Å²) in [7, 11) is 0. The van der Waals surface area contributed by atoms with Crippen molar-refractivity contribution in [2.45, 2.75) is 57.5 Å². The number of thiol groups is 1. The highest BCUT2D eigenvalue weighted by atomic mass is 32.1. The summed E-state index contributed by atoms with van der Waals surface area (Å²) in [6, 6.07) is 2.88. The van der Waals surface area contributed by atoms with Crippen molar-refractivity contribution in [2.24, 2.45) is 28.6 Å². The van der Waals surface area contributed by atoms with Crippen LogP contribution in [0.3, 0.4) is 0 Å². The highest BCUT2D eigenvalue weighted by Gasteiger charge is 2.78. The number of ketones is 2. The number of alkyl halides is 2. The summed E-state index contributed by atoms with van der Waals surface area (Å²) in [5.41, 5.74) is -7.32. The van der Waals surface area contributed by atoms with Crippen LogP contribution in [0.5, 0.6) is 0 Å². The average molecular weight is 505 g/mol. The van der Waals surface area contributed by atoms with Gasteiger partial charge in [0, 0.05) is 23.7 Å². The number of carbonyl (C=O) groups is 4. The second kappa shape index (κ2) is 7.48. The zero-order valence-corrected chi connectivity index (χ0v) is 20.4. The minimum Gasteiger partial charge on any atom is -0.457 e. The van der Waals surface area contributed by atoms with Gasteiger partial charge in [-0.15, -0.1) is 12.6 Å². The number of hydrogen-bond donors (Lipinski definition) is 1. The van der Waals surface area contributed by atoms with Gasteiger partial charge < -0.3 is 9.15 Å². The molecule has 4 aliphatic rings. The first-order valence-corrected chi connectivity index (χ1v) is 12.1. The fraction of sp³-hybridized carbons (Fsp3) is 0.538. The smallest absolute Gasteiger partial charge is 0.375 e. The van der Waals surface area contributed by atoms with Gasteiger partial charge in [-0.05, 0) is 55.5 Å². The van der Waals surface area contributed by atoms with Gasteiger partial charge in [0.1, 0.15) is 6.17 Å². The number of rotatable bonds is 3. The minimum absolute atomic E-state index is 0.0347. The number of allylic oxidation sites excluding steroid dienone is 4. The van der Waals surface area contributed by atoms with E-state index in [-0.39, 0.29) is 24.2 Å². The van der Waals surface area contributed by atoms with Crippen molar-refractivity contribution in [3.05, 3.63) is 48.0 Å². The third-order valence-corrected chi connectivity index (χ3v) is 9.56. The molecule has 0 aliphatic heterocycles. The second-order valence-electron chi connectivity index (χ2n) is 10.7. The lowest BCUT2D eigenvalue weighted by atomic mass is 9.45. The van der Waals surface area contributed by atoms with Gasteiger partial charge in [0.25, 0.3) is 0 Å². The molecule has 186 valence electrons.